The molecule has 2 unspecified atom stereocenters. The predicted octanol–water partition coefficient (Wildman–Crippen LogP) is 4.61. The topological polar surface area (TPSA) is 80.6 Å². The molecular formula is C27H23N3O4. The van der Waals surface area contributed by atoms with Gasteiger partial charge in [-0.1, -0.05) is 36.4 Å². The maximum absolute atomic E-state index is 13.3. The van der Waals surface area contributed by atoms with Gasteiger partial charge in [0.2, 0.25) is 18.0 Å². The zero-order valence-corrected chi connectivity index (χ0v) is 18.7. The summed E-state index contributed by atoms with van der Waals surface area (Å²) in [7, 11) is 0. The highest BCUT2D eigenvalue weighted by molar-refractivity contribution is 6.10. The molecule has 4 aromatic rings. The first-order valence-corrected chi connectivity index (χ1v) is 11.5. The molecule has 170 valence electrons. The van der Waals surface area contributed by atoms with Gasteiger partial charge in [-0.2, -0.15) is 0 Å². The Morgan fingerprint density at radius 3 is 2.62 bits per heavy atom. The standard InChI is InChI=1S/C27H23N3O4/c1-2-29-21-10-6-5-7-17(21)20-15-16(11-12-22(20)29)28-25(32)23-13-14-24(31)30(23)26-18-8-3-4-9-19(18)27(33)34-26/h3-12,15,23,26H,2,13-14H2,1H3,(H,28,32). The number of fused-ring (bicyclic) bond motifs is 4. The molecule has 34 heavy (non-hydrogen) atoms. The lowest BCUT2D eigenvalue weighted by molar-refractivity contribution is -0.144. The fourth-order valence-electron chi connectivity index (χ4n) is 5.28. The molecule has 1 aromatic heterocycles. The van der Waals surface area contributed by atoms with Crippen LogP contribution in [0.4, 0.5) is 5.69 Å². The fraction of sp³-hybridized carbons (Fsp3) is 0.222. The number of benzene rings is 3. The van der Waals surface area contributed by atoms with E-state index in [0.29, 0.717) is 23.2 Å². The first-order chi connectivity index (χ1) is 16.6. The van der Waals surface area contributed by atoms with Crippen LogP contribution in [-0.4, -0.2) is 33.3 Å². The van der Waals surface area contributed by atoms with Crippen molar-refractivity contribution in [1.82, 2.24) is 9.47 Å². The van der Waals surface area contributed by atoms with E-state index in [0.717, 1.165) is 28.4 Å². The maximum atomic E-state index is 13.3. The van der Waals surface area contributed by atoms with E-state index >= 15 is 0 Å². The summed E-state index contributed by atoms with van der Waals surface area (Å²) in [6.45, 7) is 2.96. The van der Waals surface area contributed by atoms with Gasteiger partial charge in [-0.05, 0) is 43.7 Å². The van der Waals surface area contributed by atoms with Crippen LogP contribution >= 0.6 is 0 Å². The summed E-state index contributed by atoms with van der Waals surface area (Å²) in [5.41, 5.74) is 3.98. The molecule has 1 N–H and O–H groups in total. The molecule has 6 rings (SSSR count). The van der Waals surface area contributed by atoms with Crippen molar-refractivity contribution in [2.24, 2.45) is 0 Å². The number of hydrogen-bond acceptors (Lipinski definition) is 4. The third kappa shape index (κ3) is 3.00. The number of para-hydroxylation sites is 1. The number of esters is 1. The highest BCUT2D eigenvalue weighted by Gasteiger charge is 2.46. The summed E-state index contributed by atoms with van der Waals surface area (Å²) in [5.74, 6) is -0.960. The molecule has 2 amide bonds. The quantitative estimate of drug-likeness (QED) is 0.458. The number of carbonyl (C=O) groups excluding carboxylic acids is 3. The molecule has 0 bridgehead atoms. The Kier molecular flexibility index (Phi) is 4.65. The highest BCUT2D eigenvalue weighted by Crippen LogP contribution is 2.38. The zero-order chi connectivity index (χ0) is 23.4. The average molecular weight is 453 g/mol. The second-order valence-electron chi connectivity index (χ2n) is 8.68. The summed E-state index contributed by atoms with van der Waals surface area (Å²) in [4.78, 5) is 39.8. The molecule has 0 aliphatic carbocycles. The van der Waals surface area contributed by atoms with Gasteiger partial charge >= 0.3 is 5.97 Å². The lowest BCUT2D eigenvalue weighted by Gasteiger charge is -2.29. The smallest absolute Gasteiger partial charge is 0.340 e. The van der Waals surface area contributed by atoms with E-state index in [4.69, 9.17) is 4.74 Å². The second-order valence-corrected chi connectivity index (χ2v) is 8.68. The minimum atomic E-state index is -0.876. The molecule has 1 saturated heterocycles. The molecule has 1 fully saturated rings. The number of anilines is 1. The van der Waals surface area contributed by atoms with Crippen molar-refractivity contribution < 1.29 is 19.1 Å². The summed E-state index contributed by atoms with van der Waals surface area (Å²) in [6.07, 6.45) is -0.269. The van der Waals surface area contributed by atoms with Crippen LogP contribution in [-0.2, 0) is 20.9 Å². The van der Waals surface area contributed by atoms with E-state index in [9.17, 15) is 14.4 Å². The normalized spacial score (nSPS) is 19.6. The number of nitrogens with zero attached hydrogens (tertiary/aromatic N) is 2. The van der Waals surface area contributed by atoms with E-state index in [2.05, 4.69) is 28.9 Å². The molecule has 3 heterocycles. The Labute approximate surface area is 195 Å². The number of rotatable bonds is 4. The van der Waals surface area contributed by atoms with Crippen molar-refractivity contribution >= 4 is 45.3 Å². The largest absolute Gasteiger partial charge is 0.433 e. The molecule has 3 aromatic carbocycles. The minimum Gasteiger partial charge on any atom is -0.433 e. The highest BCUT2D eigenvalue weighted by atomic mass is 16.6. The van der Waals surface area contributed by atoms with Gasteiger partial charge in [-0.3, -0.25) is 14.5 Å². The van der Waals surface area contributed by atoms with Crippen LogP contribution < -0.4 is 5.32 Å². The lowest BCUT2D eigenvalue weighted by Crippen LogP contribution is -2.43. The minimum absolute atomic E-state index is 0.198. The zero-order valence-electron chi connectivity index (χ0n) is 18.7. The Morgan fingerprint density at radius 1 is 1.00 bits per heavy atom. The number of cyclic esters (lactones) is 1. The SMILES string of the molecule is CCn1c2ccccc2c2cc(NC(=O)C3CCC(=O)N3C3OC(=O)c4ccccc43)ccc21. The molecule has 0 spiro atoms. The molecule has 7 nitrogen and oxygen atoms in total. The molecule has 0 radical (unpaired) electrons. The Morgan fingerprint density at radius 2 is 1.76 bits per heavy atom. The number of nitrogens with one attached hydrogen (secondary N) is 1. The van der Waals surface area contributed by atoms with Crippen molar-refractivity contribution in [3.8, 4) is 0 Å². The molecule has 2 aliphatic heterocycles. The van der Waals surface area contributed by atoms with Gasteiger partial charge in [-0.25, -0.2) is 4.79 Å². The Hall–Kier alpha value is -4.13. The van der Waals surface area contributed by atoms with Crippen LogP contribution in [0.15, 0.2) is 66.7 Å². The van der Waals surface area contributed by atoms with Crippen molar-refractivity contribution in [2.75, 3.05) is 5.32 Å². The first-order valence-electron chi connectivity index (χ1n) is 11.5. The molecule has 0 saturated carbocycles. The van der Waals surface area contributed by atoms with E-state index in [-0.39, 0.29) is 18.2 Å². The van der Waals surface area contributed by atoms with Gasteiger partial charge in [0.15, 0.2) is 0 Å². The van der Waals surface area contributed by atoms with Gasteiger partial charge in [0.25, 0.3) is 0 Å². The Bertz CT molecular complexity index is 1490. The third-order valence-corrected chi connectivity index (χ3v) is 6.83. The number of carbonyl (C=O) groups is 3. The van der Waals surface area contributed by atoms with Gasteiger partial charge in [0.1, 0.15) is 6.04 Å². The lowest BCUT2D eigenvalue weighted by atomic mass is 10.1. The number of aryl methyl sites for hydroxylation is 1. The summed E-state index contributed by atoms with van der Waals surface area (Å²) >= 11 is 0. The van der Waals surface area contributed by atoms with E-state index in [1.807, 2.05) is 30.3 Å². The summed E-state index contributed by atoms with van der Waals surface area (Å²) < 4.78 is 7.77. The van der Waals surface area contributed by atoms with Crippen molar-refractivity contribution in [2.45, 2.75) is 38.6 Å². The number of aromatic nitrogens is 1. The summed E-state index contributed by atoms with van der Waals surface area (Å²) in [5, 5.41) is 5.19. The third-order valence-electron chi connectivity index (χ3n) is 6.83. The fourth-order valence-corrected chi connectivity index (χ4v) is 5.28. The van der Waals surface area contributed by atoms with Gasteiger partial charge < -0.3 is 14.6 Å². The van der Waals surface area contributed by atoms with Crippen molar-refractivity contribution in [1.29, 1.82) is 0 Å². The average Bonchev–Trinajstić information content (AvgIpc) is 3.50. The van der Waals surface area contributed by atoms with Crippen LogP contribution in [0.25, 0.3) is 21.8 Å². The van der Waals surface area contributed by atoms with Crippen LogP contribution in [0.5, 0.6) is 0 Å². The Balaban J connectivity index is 1.31. The van der Waals surface area contributed by atoms with Crippen molar-refractivity contribution in [3.05, 3.63) is 77.9 Å². The van der Waals surface area contributed by atoms with Crippen LogP contribution in [0.1, 0.15) is 41.9 Å². The molecule has 7 heteroatoms. The van der Waals surface area contributed by atoms with E-state index in [1.54, 1.807) is 24.3 Å². The van der Waals surface area contributed by atoms with Crippen molar-refractivity contribution in [3.63, 3.8) is 0 Å². The van der Waals surface area contributed by atoms with Crippen LogP contribution in [0, 0.1) is 0 Å². The number of amides is 2. The summed E-state index contributed by atoms with van der Waals surface area (Å²) in [6, 6.07) is 20.4. The van der Waals surface area contributed by atoms with Crippen LogP contribution in [0.2, 0.25) is 0 Å². The van der Waals surface area contributed by atoms with Crippen LogP contribution in [0.3, 0.4) is 0 Å². The number of hydrogen-bond donors (Lipinski definition) is 1. The maximum Gasteiger partial charge on any atom is 0.340 e. The number of likely N-dealkylation sites (tertiary alicyclic amines) is 1. The monoisotopic (exact) mass is 453 g/mol. The molecule has 2 aliphatic rings. The van der Waals surface area contributed by atoms with Gasteiger partial charge in [-0.15, -0.1) is 0 Å². The van der Waals surface area contributed by atoms with E-state index < -0.39 is 18.2 Å². The molecular weight excluding hydrogens is 430 g/mol. The first kappa shape index (κ1) is 20.5. The molecule has 2 atom stereocenters. The predicted molar refractivity (Wildman–Crippen MR) is 128 cm³/mol. The number of ether oxygens (including phenoxy) is 1. The van der Waals surface area contributed by atoms with E-state index in [1.165, 1.54) is 4.90 Å². The second kappa shape index (κ2) is 7.73. The van der Waals surface area contributed by atoms with Gasteiger partial charge in [0.05, 0.1) is 5.56 Å². The van der Waals surface area contributed by atoms with Gasteiger partial charge in [0, 0.05) is 46.0 Å².